The van der Waals surface area contributed by atoms with Crippen molar-refractivity contribution in [3.05, 3.63) is 23.3 Å². The Hall–Kier alpha value is -1.60. The van der Waals surface area contributed by atoms with E-state index < -0.39 is 10.0 Å². The van der Waals surface area contributed by atoms with Crippen LogP contribution in [0.1, 0.15) is 24.0 Å². The van der Waals surface area contributed by atoms with Crippen LogP contribution in [-0.4, -0.2) is 38.9 Å². The van der Waals surface area contributed by atoms with E-state index in [1.54, 1.807) is 37.9 Å². The minimum atomic E-state index is -3.76. The van der Waals surface area contributed by atoms with E-state index in [1.807, 2.05) is 0 Å². The summed E-state index contributed by atoms with van der Waals surface area (Å²) in [6, 6.07) is 3.50. The summed E-state index contributed by atoms with van der Waals surface area (Å²) in [7, 11) is -1.99. The van der Waals surface area contributed by atoms with Gasteiger partial charge in [0.15, 0.2) is 6.61 Å². The molecule has 7 heteroatoms. The van der Waals surface area contributed by atoms with Crippen LogP contribution in [0.5, 0.6) is 5.75 Å². The van der Waals surface area contributed by atoms with Crippen molar-refractivity contribution in [3.63, 3.8) is 0 Å². The molecule has 1 saturated carbocycles. The molecule has 0 saturated heterocycles. The van der Waals surface area contributed by atoms with Crippen LogP contribution in [0, 0.1) is 13.8 Å². The summed E-state index contributed by atoms with van der Waals surface area (Å²) < 4.78 is 28.5. The van der Waals surface area contributed by atoms with E-state index in [1.165, 1.54) is 0 Å². The predicted octanol–water partition coefficient (Wildman–Crippen LogP) is 0.950. The van der Waals surface area contributed by atoms with E-state index in [0.717, 1.165) is 12.8 Å². The van der Waals surface area contributed by atoms with Crippen LogP contribution in [0.25, 0.3) is 0 Å². The SMILES string of the molecule is Cc1cc(OCC(=O)N(C)C2CC2)cc(C)c1S(N)(=O)=O. The molecule has 2 N–H and O–H groups in total. The number of sulfonamides is 1. The van der Waals surface area contributed by atoms with E-state index in [4.69, 9.17) is 9.88 Å². The number of hydrogen-bond donors (Lipinski definition) is 1. The van der Waals surface area contributed by atoms with Crippen LogP contribution in [0.15, 0.2) is 17.0 Å². The Kier molecular flexibility index (Phi) is 4.25. The number of nitrogens with two attached hydrogens (primary N) is 1. The lowest BCUT2D eigenvalue weighted by molar-refractivity contribution is -0.132. The number of benzene rings is 1. The van der Waals surface area contributed by atoms with Gasteiger partial charge in [-0.15, -0.1) is 0 Å². The number of carbonyl (C=O) groups is 1. The fourth-order valence-corrected chi connectivity index (χ4v) is 3.37. The molecule has 0 bridgehead atoms. The van der Waals surface area contributed by atoms with Crippen molar-refractivity contribution in [3.8, 4) is 5.75 Å². The van der Waals surface area contributed by atoms with E-state index in [0.29, 0.717) is 22.9 Å². The molecular formula is C14H20N2O4S. The summed E-state index contributed by atoms with van der Waals surface area (Å²) in [6.45, 7) is 3.25. The van der Waals surface area contributed by atoms with E-state index in [2.05, 4.69) is 0 Å². The van der Waals surface area contributed by atoms with Crippen LogP contribution in [0.2, 0.25) is 0 Å². The lowest BCUT2D eigenvalue weighted by atomic mass is 10.1. The van der Waals surface area contributed by atoms with Gasteiger partial charge in [0, 0.05) is 13.1 Å². The molecule has 1 aromatic carbocycles. The number of likely N-dealkylation sites (N-methyl/N-ethyl adjacent to an activating group) is 1. The van der Waals surface area contributed by atoms with Crippen molar-refractivity contribution in [1.82, 2.24) is 4.90 Å². The largest absolute Gasteiger partial charge is 0.484 e. The molecule has 21 heavy (non-hydrogen) atoms. The summed E-state index contributed by atoms with van der Waals surface area (Å²) in [5.74, 6) is 0.387. The highest BCUT2D eigenvalue weighted by Gasteiger charge is 2.29. The van der Waals surface area contributed by atoms with Gasteiger partial charge in [0.25, 0.3) is 5.91 Å². The molecule has 0 radical (unpaired) electrons. The van der Waals surface area contributed by atoms with Crippen molar-refractivity contribution in [1.29, 1.82) is 0 Å². The highest BCUT2D eigenvalue weighted by Crippen LogP contribution is 2.26. The summed E-state index contributed by atoms with van der Waals surface area (Å²) in [5.41, 5.74) is 1.02. The minimum Gasteiger partial charge on any atom is -0.484 e. The smallest absolute Gasteiger partial charge is 0.260 e. The molecule has 0 aromatic heterocycles. The number of hydrogen-bond acceptors (Lipinski definition) is 4. The number of carbonyl (C=O) groups excluding carboxylic acids is 1. The first-order chi connectivity index (χ1) is 9.70. The molecule has 2 rings (SSSR count). The molecule has 0 atom stereocenters. The van der Waals surface area contributed by atoms with E-state index in [9.17, 15) is 13.2 Å². The summed E-state index contributed by atoms with van der Waals surface area (Å²) >= 11 is 0. The van der Waals surface area contributed by atoms with Gasteiger partial charge in [-0.1, -0.05) is 0 Å². The second-order valence-corrected chi connectivity index (χ2v) is 6.95. The summed E-state index contributed by atoms with van der Waals surface area (Å²) in [5, 5.41) is 5.18. The maximum absolute atomic E-state index is 11.9. The number of aryl methyl sites for hydroxylation is 2. The maximum atomic E-state index is 11.9. The molecule has 0 heterocycles. The highest BCUT2D eigenvalue weighted by atomic mass is 32.2. The van der Waals surface area contributed by atoms with Crippen molar-refractivity contribution in [2.24, 2.45) is 5.14 Å². The third-order valence-electron chi connectivity index (χ3n) is 3.57. The molecule has 0 unspecified atom stereocenters. The molecule has 1 aliphatic carbocycles. The number of ether oxygens (including phenoxy) is 1. The molecule has 1 amide bonds. The third kappa shape index (κ3) is 3.74. The van der Waals surface area contributed by atoms with Gasteiger partial charge in [-0.05, 0) is 49.9 Å². The van der Waals surface area contributed by atoms with Crippen LogP contribution in [-0.2, 0) is 14.8 Å². The standard InChI is InChI=1S/C14H20N2O4S/c1-9-6-12(7-10(2)14(9)21(15,18)19)20-8-13(17)16(3)11-4-5-11/h6-7,11H,4-5,8H2,1-3H3,(H2,15,18,19). The van der Waals surface area contributed by atoms with Crippen LogP contribution >= 0.6 is 0 Å². The monoisotopic (exact) mass is 312 g/mol. The van der Waals surface area contributed by atoms with Gasteiger partial charge in [-0.25, -0.2) is 13.6 Å². The lowest BCUT2D eigenvalue weighted by Crippen LogP contribution is -2.33. The third-order valence-corrected chi connectivity index (χ3v) is 4.78. The van der Waals surface area contributed by atoms with Gasteiger partial charge in [0.05, 0.1) is 4.90 Å². The number of amides is 1. The van der Waals surface area contributed by atoms with Crippen LogP contribution < -0.4 is 9.88 Å². The van der Waals surface area contributed by atoms with Gasteiger partial charge in [0.2, 0.25) is 10.0 Å². The highest BCUT2D eigenvalue weighted by molar-refractivity contribution is 7.89. The quantitative estimate of drug-likeness (QED) is 0.876. The Morgan fingerprint density at radius 1 is 1.33 bits per heavy atom. The molecule has 0 aliphatic heterocycles. The second-order valence-electron chi connectivity index (χ2n) is 5.46. The van der Waals surface area contributed by atoms with Crippen LogP contribution in [0.4, 0.5) is 0 Å². The zero-order chi connectivity index (χ0) is 15.8. The topological polar surface area (TPSA) is 89.7 Å². The Labute approximate surface area is 124 Å². The first kappa shape index (κ1) is 15.8. The summed E-state index contributed by atoms with van der Waals surface area (Å²) in [4.78, 5) is 13.7. The maximum Gasteiger partial charge on any atom is 0.260 e. The average molecular weight is 312 g/mol. The second kappa shape index (κ2) is 5.65. The van der Waals surface area contributed by atoms with E-state index in [-0.39, 0.29) is 17.4 Å². The van der Waals surface area contributed by atoms with Crippen LogP contribution in [0.3, 0.4) is 0 Å². The average Bonchev–Trinajstić information content (AvgIpc) is 3.16. The Morgan fingerprint density at radius 3 is 2.29 bits per heavy atom. The Bertz CT molecular complexity index is 643. The lowest BCUT2D eigenvalue weighted by Gasteiger charge is -2.17. The fraction of sp³-hybridized carbons (Fsp3) is 0.500. The predicted molar refractivity (Wildman–Crippen MR) is 78.6 cm³/mol. The molecule has 1 fully saturated rings. The van der Waals surface area contributed by atoms with Crippen molar-refractivity contribution >= 4 is 15.9 Å². The normalized spacial score (nSPS) is 14.9. The molecule has 1 aromatic rings. The zero-order valence-corrected chi connectivity index (χ0v) is 13.2. The number of nitrogens with zero attached hydrogens (tertiary/aromatic N) is 1. The first-order valence-electron chi connectivity index (χ1n) is 6.72. The number of rotatable bonds is 5. The fourth-order valence-electron chi connectivity index (χ4n) is 2.36. The van der Waals surface area contributed by atoms with Gasteiger partial charge in [-0.3, -0.25) is 4.79 Å². The van der Waals surface area contributed by atoms with E-state index >= 15 is 0 Å². The Morgan fingerprint density at radius 2 is 1.86 bits per heavy atom. The number of primary sulfonamides is 1. The van der Waals surface area contributed by atoms with Crippen molar-refractivity contribution < 1.29 is 17.9 Å². The minimum absolute atomic E-state index is 0.0550. The van der Waals surface area contributed by atoms with Crippen molar-refractivity contribution in [2.45, 2.75) is 37.6 Å². The molecule has 1 aliphatic rings. The molecule has 0 spiro atoms. The van der Waals surface area contributed by atoms with Gasteiger partial charge >= 0.3 is 0 Å². The first-order valence-corrected chi connectivity index (χ1v) is 8.27. The Balaban J connectivity index is 2.10. The summed E-state index contributed by atoms with van der Waals surface area (Å²) in [6.07, 6.45) is 2.09. The zero-order valence-electron chi connectivity index (χ0n) is 12.4. The van der Waals surface area contributed by atoms with Gasteiger partial charge in [-0.2, -0.15) is 0 Å². The van der Waals surface area contributed by atoms with Gasteiger partial charge in [0.1, 0.15) is 5.75 Å². The molecule has 116 valence electrons. The molecular weight excluding hydrogens is 292 g/mol. The van der Waals surface area contributed by atoms with Gasteiger partial charge < -0.3 is 9.64 Å². The van der Waals surface area contributed by atoms with Crippen molar-refractivity contribution in [2.75, 3.05) is 13.7 Å². The molecule has 6 nitrogen and oxygen atoms in total.